The van der Waals surface area contributed by atoms with Crippen LogP contribution in [0.5, 0.6) is 23.0 Å². The first-order chi connectivity index (χ1) is 12.3. The van der Waals surface area contributed by atoms with Gasteiger partial charge in [-0.2, -0.15) is 0 Å². The second-order valence-corrected chi connectivity index (χ2v) is 7.50. The molecular weight excluding hydrogens is 322 g/mol. The minimum absolute atomic E-state index is 0.0155. The fraction of sp³-hybridized carbons (Fsp3) is 0.217. The largest absolute Gasteiger partial charge is 0.453 e. The number of anilines is 1. The number of hydrogen-bond donors (Lipinski definition) is 1. The average Bonchev–Trinajstić information content (AvgIpc) is 2.59. The van der Waals surface area contributed by atoms with Crippen molar-refractivity contribution in [1.29, 1.82) is 0 Å². The molecule has 3 heteroatoms. The van der Waals surface area contributed by atoms with Gasteiger partial charge in [-0.3, -0.25) is 0 Å². The highest BCUT2D eigenvalue weighted by atomic mass is 16.5. The molecule has 0 radical (unpaired) electrons. The Balaban J connectivity index is 1.96. The molecule has 0 bridgehead atoms. The van der Waals surface area contributed by atoms with Crippen molar-refractivity contribution in [1.82, 2.24) is 0 Å². The van der Waals surface area contributed by atoms with Crippen molar-refractivity contribution < 1.29 is 9.47 Å². The molecule has 3 rings (SSSR count). The zero-order valence-corrected chi connectivity index (χ0v) is 15.7. The van der Waals surface area contributed by atoms with Crippen LogP contribution in [0.1, 0.15) is 31.9 Å². The number of nitrogen functional groups attached to an aromatic ring is 1. The maximum atomic E-state index is 6.12. The first-order valence-corrected chi connectivity index (χ1v) is 8.74. The van der Waals surface area contributed by atoms with Crippen LogP contribution in [0.3, 0.4) is 0 Å². The molecule has 2 N–H and O–H groups in total. The standard InChI is InChI=1S/C23H25NO2/c1-16-5-10-19(11-6-16)25-21-14-7-17(23(2,3)4)15-22(21)26-20-12-8-18(24)9-13-20/h5-15H,24H2,1-4H3. The Morgan fingerprint density at radius 2 is 1.23 bits per heavy atom. The maximum absolute atomic E-state index is 6.12. The summed E-state index contributed by atoms with van der Waals surface area (Å²) >= 11 is 0. The summed E-state index contributed by atoms with van der Waals surface area (Å²) < 4.78 is 12.2. The van der Waals surface area contributed by atoms with E-state index in [0.717, 1.165) is 11.5 Å². The Labute approximate surface area is 155 Å². The summed E-state index contributed by atoms with van der Waals surface area (Å²) in [7, 11) is 0. The summed E-state index contributed by atoms with van der Waals surface area (Å²) in [5.41, 5.74) is 8.86. The molecule has 0 fully saturated rings. The van der Waals surface area contributed by atoms with Crippen molar-refractivity contribution >= 4 is 5.69 Å². The third-order valence-corrected chi connectivity index (χ3v) is 4.17. The van der Waals surface area contributed by atoms with Gasteiger partial charge in [0, 0.05) is 5.69 Å². The zero-order chi connectivity index (χ0) is 18.7. The van der Waals surface area contributed by atoms with Gasteiger partial charge in [0.15, 0.2) is 11.5 Å². The molecule has 0 aliphatic rings. The first-order valence-electron chi connectivity index (χ1n) is 8.74. The lowest BCUT2D eigenvalue weighted by Crippen LogP contribution is -2.11. The fourth-order valence-electron chi connectivity index (χ4n) is 2.53. The zero-order valence-electron chi connectivity index (χ0n) is 15.7. The molecule has 3 aromatic carbocycles. The number of benzene rings is 3. The van der Waals surface area contributed by atoms with Gasteiger partial charge in [0.05, 0.1) is 0 Å². The minimum Gasteiger partial charge on any atom is -0.453 e. The summed E-state index contributed by atoms with van der Waals surface area (Å²) in [6.07, 6.45) is 0. The second-order valence-electron chi connectivity index (χ2n) is 7.50. The van der Waals surface area contributed by atoms with E-state index in [1.54, 1.807) is 0 Å². The van der Waals surface area contributed by atoms with E-state index in [9.17, 15) is 0 Å². The summed E-state index contributed by atoms with van der Waals surface area (Å²) in [6.45, 7) is 8.58. The number of rotatable bonds is 4. The van der Waals surface area contributed by atoms with E-state index >= 15 is 0 Å². The van der Waals surface area contributed by atoms with Crippen molar-refractivity contribution in [3.63, 3.8) is 0 Å². The lowest BCUT2D eigenvalue weighted by atomic mass is 9.87. The molecule has 26 heavy (non-hydrogen) atoms. The molecule has 0 heterocycles. The van der Waals surface area contributed by atoms with E-state index < -0.39 is 0 Å². The van der Waals surface area contributed by atoms with Gasteiger partial charge in [-0.25, -0.2) is 0 Å². The molecule has 0 saturated carbocycles. The molecule has 0 amide bonds. The van der Waals surface area contributed by atoms with Crippen LogP contribution in [0.15, 0.2) is 66.7 Å². The molecule has 0 aliphatic heterocycles. The van der Waals surface area contributed by atoms with Gasteiger partial charge in [0.1, 0.15) is 11.5 Å². The molecular formula is C23H25NO2. The number of ether oxygens (including phenoxy) is 2. The molecule has 3 aromatic rings. The molecule has 0 atom stereocenters. The van der Waals surface area contributed by atoms with Crippen LogP contribution in [0.4, 0.5) is 5.69 Å². The van der Waals surface area contributed by atoms with Crippen molar-refractivity contribution in [2.45, 2.75) is 33.1 Å². The van der Waals surface area contributed by atoms with Gasteiger partial charge >= 0.3 is 0 Å². The van der Waals surface area contributed by atoms with Crippen LogP contribution >= 0.6 is 0 Å². The molecule has 0 unspecified atom stereocenters. The normalized spacial score (nSPS) is 11.2. The van der Waals surface area contributed by atoms with Gasteiger partial charge in [0.25, 0.3) is 0 Å². The number of aryl methyl sites for hydroxylation is 1. The number of hydrogen-bond acceptors (Lipinski definition) is 3. The topological polar surface area (TPSA) is 44.5 Å². The van der Waals surface area contributed by atoms with Crippen LogP contribution in [-0.2, 0) is 5.41 Å². The highest BCUT2D eigenvalue weighted by Crippen LogP contribution is 2.38. The molecule has 3 nitrogen and oxygen atoms in total. The van der Waals surface area contributed by atoms with E-state index in [4.69, 9.17) is 15.2 Å². The van der Waals surface area contributed by atoms with E-state index in [1.165, 1.54) is 11.1 Å². The predicted molar refractivity (Wildman–Crippen MR) is 107 cm³/mol. The van der Waals surface area contributed by atoms with Crippen LogP contribution in [0, 0.1) is 6.92 Å². The van der Waals surface area contributed by atoms with Crippen LogP contribution in [0.25, 0.3) is 0 Å². The van der Waals surface area contributed by atoms with Crippen LogP contribution in [-0.4, -0.2) is 0 Å². The predicted octanol–water partition coefficient (Wildman–Crippen LogP) is 6.46. The summed E-state index contributed by atoms with van der Waals surface area (Å²) in [5.74, 6) is 2.86. The van der Waals surface area contributed by atoms with Crippen molar-refractivity contribution in [2.75, 3.05) is 5.73 Å². The maximum Gasteiger partial charge on any atom is 0.170 e. The lowest BCUT2D eigenvalue weighted by molar-refractivity contribution is 0.416. The third-order valence-electron chi connectivity index (χ3n) is 4.17. The van der Waals surface area contributed by atoms with E-state index in [1.807, 2.05) is 60.7 Å². The molecule has 0 saturated heterocycles. The highest BCUT2D eigenvalue weighted by Gasteiger charge is 2.17. The van der Waals surface area contributed by atoms with Gasteiger partial charge in [0.2, 0.25) is 0 Å². The van der Waals surface area contributed by atoms with Gasteiger partial charge in [-0.05, 0) is 66.4 Å². The van der Waals surface area contributed by atoms with Crippen LogP contribution in [0.2, 0.25) is 0 Å². The monoisotopic (exact) mass is 347 g/mol. The van der Waals surface area contributed by atoms with Crippen molar-refractivity contribution in [2.24, 2.45) is 0 Å². The van der Waals surface area contributed by atoms with Gasteiger partial charge < -0.3 is 15.2 Å². The minimum atomic E-state index is 0.0155. The van der Waals surface area contributed by atoms with Crippen molar-refractivity contribution in [3.8, 4) is 23.0 Å². The Morgan fingerprint density at radius 1 is 0.692 bits per heavy atom. The Bertz CT molecular complexity index is 876. The van der Waals surface area contributed by atoms with Crippen LogP contribution < -0.4 is 15.2 Å². The average molecular weight is 347 g/mol. The first kappa shape index (κ1) is 17.9. The Morgan fingerprint density at radius 3 is 1.81 bits per heavy atom. The fourth-order valence-corrected chi connectivity index (χ4v) is 2.53. The van der Waals surface area contributed by atoms with Gasteiger partial charge in [-0.1, -0.05) is 44.5 Å². The molecule has 134 valence electrons. The highest BCUT2D eigenvalue weighted by molar-refractivity contribution is 5.50. The molecule has 0 aliphatic carbocycles. The van der Waals surface area contributed by atoms with E-state index in [2.05, 4.69) is 33.8 Å². The quantitative estimate of drug-likeness (QED) is 0.551. The van der Waals surface area contributed by atoms with E-state index in [-0.39, 0.29) is 5.41 Å². The van der Waals surface area contributed by atoms with E-state index in [0.29, 0.717) is 17.2 Å². The smallest absolute Gasteiger partial charge is 0.170 e. The SMILES string of the molecule is Cc1ccc(Oc2ccc(C(C)(C)C)cc2Oc2ccc(N)cc2)cc1. The molecule has 0 aromatic heterocycles. The number of nitrogens with two attached hydrogens (primary N) is 1. The lowest BCUT2D eigenvalue weighted by Gasteiger charge is -2.21. The summed E-state index contributed by atoms with van der Waals surface area (Å²) in [5, 5.41) is 0. The Kier molecular flexibility index (Phi) is 4.90. The summed E-state index contributed by atoms with van der Waals surface area (Å²) in [6, 6.07) is 21.4. The van der Waals surface area contributed by atoms with Gasteiger partial charge in [-0.15, -0.1) is 0 Å². The second kappa shape index (κ2) is 7.12. The van der Waals surface area contributed by atoms with Crippen molar-refractivity contribution in [3.05, 3.63) is 77.9 Å². The summed E-state index contributed by atoms with van der Waals surface area (Å²) in [4.78, 5) is 0. The molecule has 0 spiro atoms. The third kappa shape index (κ3) is 4.37. The Hall–Kier alpha value is -2.94.